The monoisotopic (exact) mass is 980 g/mol. The number of carbonyl (C=O) groups excluding carboxylic acids is 1. The van der Waals surface area contributed by atoms with E-state index in [0.717, 1.165) is 6.26 Å². The second-order valence-corrected chi connectivity index (χ2v) is 20.5. The van der Waals surface area contributed by atoms with Crippen molar-refractivity contribution in [3.63, 3.8) is 0 Å². The molecule has 8 aromatic rings. The van der Waals surface area contributed by atoms with Gasteiger partial charge in [0.2, 0.25) is 10.9 Å². The van der Waals surface area contributed by atoms with E-state index in [1.807, 2.05) is 33.5 Å². The molecular formula is C48H46Cl2N8O9S. The third kappa shape index (κ3) is 10.3. The molecule has 2 saturated carbocycles. The van der Waals surface area contributed by atoms with Crippen LogP contribution in [0.3, 0.4) is 0 Å². The first-order valence-corrected chi connectivity index (χ1v) is 24.8. The maximum absolute atomic E-state index is 13.1. The van der Waals surface area contributed by atoms with Crippen LogP contribution in [0.25, 0.3) is 33.1 Å². The van der Waals surface area contributed by atoms with E-state index in [9.17, 15) is 32.7 Å². The molecule has 2 aliphatic rings. The topological polar surface area (TPSA) is 211 Å². The minimum Gasteiger partial charge on any atom is -0.490 e. The molecule has 6 heterocycles. The van der Waals surface area contributed by atoms with Gasteiger partial charge in [0, 0.05) is 41.6 Å². The molecule has 0 spiro atoms. The number of aliphatic carboxylic acids is 1. The number of carbonyl (C=O) groups is 2. The Labute approximate surface area is 398 Å². The van der Waals surface area contributed by atoms with Crippen molar-refractivity contribution in [1.82, 2.24) is 38.3 Å². The number of rotatable bonds is 16. The number of imidazole rings is 2. The number of sulfone groups is 1. The number of hydrogen-bond acceptors (Lipinski definition) is 12. The van der Waals surface area contributed by atoms with Crippen LogP contribution in [0.2, 0.25) is 10.0 Å². The number of Topliss-reactive ketones (excluding diaryl/α,β-unsaturated/α-hetero) is 1. The van der Waals surface area contributed by atoms with E-state index in [1.54, 1.807) is 70.2 Å². The fourth-order valence-electron chi connectivity index (χ4n) is 7.72. The van der Waals surface area contributed by atoms with Gasteiger partial charge in [-0.25, -0.2) is 18.4 Å². The van der Waals surface area contributed by atoms with Gasteiger partial charge in [-0.05, 0) is 75.6 Å². The average Bonchev–Trinajstić information content (AvgIpc) is 4.24. The van der Waals surface area contributed by atoms with Crippen molar-refractivity contribution in [1.29, 1.82) is 0 Å². The lowest BCUT2D eigenvalue weighted by Gasteiger charge is -2.14. The Hall–Kier alpha value is -6.63. The van der Waals surface area contributed by atoms with Gasteiger partial charge >= 0.3 is 5.97 Å². The molecule has 2 aliphatic carbocycles. The largest absolute Gasteiger partial charge is 0.490 e. The molecule has 20 heteroatoms. The van der Waals surface area contributed by atoms with Gasteiger partial charge in [-0.2, -0.15) is 10.2 Å². The summed E-state index contributed by atoms with van der Waals surface area (Å²) in [5, 5.41) is 20.1. The van der Waals surface area contributed by atoms with Gasteiger partial charge in [0.05, 0.1) is 77.1 Å². The zero-order valence-corrected chi connectivity index (χ0v) is 39.5. The maximum atomic E-state index is 13.1. The zero-order chi connectivity index (χ0) is 48.0. The smallest absolute Gasteiger partial charge is 0.312 e. The Morgan fingerprint density at radius 2 is 1.13 bits per heavy atom. The molecule has 0 saturated heterocycles. The highest BCUT2D eigenvalue weighted by Gasteiger charge is 2.27. The van der Waals surface area contributed by atoms with Crippen molar-refractivity contribution >= 4 is 77.9 Å². The van der Waals surface area contributed by atoms with Crippen LogP contribution in [0.5, 0.6) is 11.5 Å². The number of carboxylic acids is 1. The Bertz CT molecular complexity index is 3530. The lowest BCUT2D eigenvalue weighted by Crippen LogP contribution is -2.28. The van der Waals surface area contributed by atoms with Gasteiger partial charge in [-0.1, -0.05) is 47.5 Å². The number of hydrogen-bond donors (Lipinski definition) is 1. The van der Waals surface area contributed by atoms with Crippen molar-refractivity contribution < 1.29 is 32.6 Å². The highest BCUT2D eigenvalue weighted by atomic mass is 35.5. The molecule has 2 atom stereocenters. The number of aromatic nitrogens is 8. The number of ether oxygens (including phenoxy) is 2. The van der Waals surface area contributed by atoms with Crippen LogP contribution in [-0.4, -0.2) is 88.8 Å². The number of halogens is 2. The third-order valence-electron chi connectivity index (χ3n) is 11.9. The van der Waals surface area contributed by atoms with Crippen LogP contribution in [0, 0.1) is 11.8 Å². The zero-order valence-electron chi connectivity index (χ0n) is 37.2. The lowest BCUT2D eigenvalue weighted by atomic mass is 10.0. The van der Waals surface area contributed by atoms with Crippen molar-refractivity contribution in [2.24, 2.45) is 11.8 Å². The number of ketones is 1. The van der Waals surface area contributed by atoms with Gasteiger partial charge in [0.1, 0.15) is 34.4 Å². The molecule has 17 nitrogen and oxygen atoms in total. The first kappa shape index (κ1) is 46.5. The summed E-state index contributed by atoms with van der Waals surface area (Å²) in [5.41, 5.74) is 3.08. The molecule has 0 amide bonds. The number of carboxylic acid groups (broad SMARTS) is 1. The van der Waals surface area contributed by atoms with Gasteiger partial charge in [-0.3, -0.25) is 28.5 Å². The summed E-state index contributed by atoms with van der Waals surface area (Å²) in [5.74, 6) is -1.92. The predicted octanol–water partition coefficient (Wildman–Crippen LogP) is 6.97. The standard InChI is InChI=1S/C25H25ClN4O5S.C23H21ClN4O4/c1-15(21(31)14-36(2,33)34)24-25(32)18-5-3-4-6-20(18)30(28-24)11-17-10-29-12-22(35-13-16-7-8-16)19(26)9-23(29)27-17;1-13(23(30)31)21-22(29)16-4-2-3-5-18(16)28(26-21)10-15-9-27-11-19(32-12-14-6-7-14)17(24)8-20(27)25-15/h3-6,9-10,12,15-16H,7-8,11,13-14H2,1-2H3;2-5,8-9,11,13-14H,6-7,10,12H2,1H3,(H,30,31). The summed E-state index contributed by atoms with van der Waals surface area (Å²) in [4.78, 5) is 59.3. The highest BCUT2D eigenvalue weighted by Crippen LogP contribution is 2.34. The fraction of sp³-hybridized carbons (Fsp3) is 0.333. The number of para-hydroxylation sites is 2. The number of fused-ring (bicyclic) bond motifs is 4. The van der Waals surface area contributed by atoms with E-state index < -0.39 is 44.6 Å². The van der Waals surface area contributed by atoms with E-state index in [1.165, 1.54) is 39.5 Å². The van der Waals surface area contributed by atoms with Crippen LogP contribution in [0.15, 0.2) is 95.0 Å². The molecule has 6 aromatic heterocycles. The second-order valence-electron chi connectivity index (χ2n) is 17.6. The molecule has 0 radical (unpaired) electrons. The van der Waals surface area contributed by atoms with Gasteiger partial charge in [0.25, 0.3) is 0 Å². The molecule has 352 valence electrons. The molecule has 0 bridgehead atoms. The fourth-order valence-corrected chi connectivity index (χ4v) is 8.89. The maximum Gasteiger partial charge on any atom is 0.312 e. The van der Waals surface area contributed by atoms with Gasteiger partial charge in [-0.15, -0.1) is 0 Å². The molecule has 0 aliphatic heterocycles. The number of nitrogens with zero attached hydrogens (tertiary/aromatic N) is 8. The lowest BCUT2D eigenvalue weighted by molar-refractivity contribution is -0.138. The van der Waals surface area contributed by atoms with Crippen LogP contribution in [-0.2, 0) is 32.5 Å². The summed E-state index contributed by atoms with van der Waals surface area (Å²) in [6.07, 6.45) is 13.0. The van der Waals surface area contributed by atoms with Gasteiger partial charge < -0.3 is 23.4 Å². The van der Waals surface area contributed by atoms with Crippen LogP contribution < -0.4 is 20.3 Å². The minimum atomic E-state index is -3.54. The van der Waals surface area contributed by atoms with Crippen LogP contribution in [0.4, 0.5) is 0 Å². The van der Waals surface area contributed by atoms with E-state index in [-0.39, 0.29) is 29.9 Å². The highest BCUT2D eigenvalue weighted by molar-refractivity contribution is 7.91. The second kappa shape index (κ2) is 18.8. The molecule has 2 fully saturated rings. The van der Waals surface area contributed by atoms with Crippen LogP contribution in [0.1, 0.15) is 74.1 Å². The normalized spacial score (nSPS) is 14.8. The molecule has 2 unspecified atom stereocenters. The van der Waals surface area contributed by atoms with Crippen molar-refractivity contribution in [2.45, 2.75) is 64.5 Å². The first-order valence-electron chi connectivity index (χ1n) is 22.0. The molecule has 2 aromatic carbocycles. The number of benzene rings is 2. The van der Waals surface area contributed by atoms with E-state index >= 15 is 0 Å². The van der Waals surface area contributed by atoms with Crippen molar-refractivity contribution in [3.05, 3.63) is 139 Å². The Balaban J connectivity index is 0.000000171. The summed E-state index contributed by atoms with van der Waals surface area (Å²) in [7, 11) is -3.54. The van der Waals surface area contributed by atoms with Gasteiger partial charge in [0.15, 0.2) is 27.1 Å². The number of pyridine rings is 2. The van der Waals surface area contributed by atoms with Crippen LogP contribution >= 0.6 is 23.2 Å². The molecule has 10 rings (SSSR count). The van der Waals surface area contributed by atoms with E-state index in [2.05, 4.69) is 20.2 Å². The quantitative estimate of drug-likeness (QED) is 0.104. The first-order chi connectivity index (χ1) is 32.5. The SMILES string of the molecule is CC(C(=O)CS(C)(=O)=O)c1nn(Cc2cn3cc(OCC4CC4)c(Cl)cc3n2)c2ccccc2c1=O.CC(C(=O)O)c1nn(Cc2cn3cc(OCC4CC4)c(Cl)cc3n2)c2ccccc2c1=O. The van der Waals surface area contributed by atoms with E-state index in [4.69, 9.17) is 32.7 Å². The summed E-state index contributed by atoms with van der Waals surface area (Å²) < 4.78 is 41.9. The Kier molecular flexibility index (Phi) is 12.9. The predicted molar refractivity (Wildman–Crippen MR) is 256 cm³/mol. The van der Waals surface area contributed by atoms with Crippen molar-refractivity contribution in [2.75, 3.05) is 25.2 Å². The molecule has 68 heavy (non-hydrogen) atoms. The summed E-state index contributed by atoms with van der Waals surface area (Å²) in [6.45, 7) is 4.74. The average molecular weight is 982 g/mol. The minimum absolute atomic E-state index is 0.00114. The molecule has 1 N–H and O–H groups in total. The Morgan fingerprint density at radius 1 is 0.706 bits per heavy atom. The van der Waals surface area contributed by atoms with E-state index in [0.29, 0.717) is 91.1 Å². The summed E-state index contributed by atoms with van der Waals surface area (Å²) in [6, 6.07) is 17.5. The molecular weight excluding hydrogens is 936 g/mol. The third-order valence-corrected chi connectivity index (χ3v) is 13.3. The summed E-state index contributed by atoms with van der Waals surface area (Å²) >= 11 is 12.8. The van der Waals surface area contributed by atoms with Crippen molar-refractivity contribution in [3.8, 4) is 11.5 Å². The Morgan fingerprint density at radius 3 is 1.54 bits per heavy atom.